The number of nitrogens with two attached hydrogens (primary N) is 1. The topological polar surface area (TPSA) is 93.0 Å². The Kier molecular flexibility index (Phi) is 3.65. The van der Waals surface area contributed by atoms with Crippen molar-refractivity contribution in [1.29, 1.82) is 0 Å². The Morgan fingerprint density at radius 2 is 2.05 bits per heavy atom. The molecule has 0 aliphatic rings. The van der Waals surface area contributed by atoms with E-state index in [1.165, 1.54) is 0 Å². The maximum Gasteiger partial charge on any atom is 0.251 e. The van der Waals surface area contributed by atoms with Crippen LogP contribution in [-0.4, -0.2) is 23.2 Å². The van der Waals surface area contributed by atoms with Crippen molar-refractivity contribution < 1.29 is 9.53 Å². The highest BCUT2D eigenvalue weighted by Gasteiger charge is 2.09. The predicted octanol–water partition coefficient (Wildman–Crippen LogP) is 2.08. The van der Waals surface area contributed by atoms with Gasteiger partial charge in [-0.3, -0.25) is 9.89 Å². The Bertz CT molecular complexity index is 809. The molecule has 6 heteroatoms. The van der Waals surface area contributed by atoms with Gasteiger partial charge in [-0.15, -0.1) is 0 Å². The molecule has 0 radical (unpaired) electrons. The molecule has 3 rings (SSSR count). The van der Waals surface area contributed by atoms with Gasteiger partial charge in [0.1, 0.15) is 5.75 Å². The molecule has 112 valence electrons. The highest BCUT2D eigenvalue weighted by atomic mass is 16.5. The molecule has 6 nitrogen and oxygen atoms in total. The number of H-pyrrole nitrogens is 1. The number of nitrogens with one attached hydrogen (secondary N) is 2. The molecule has 1 heterocycles. The molecule has 2 aromatic carbocycles. The van der Waals surface area contributed by atoms with E-state index >= 15 is 0 Å². The predicted molar refractivity (Wildman–Crippen MR) is 84.7 cm³/mol. The Morgan fingerprint density at radius 1 is 1.27 bits per heavy atom. The highest BCUT2D eigenvalue weighted by molar-refractivity contribution is 6.00. The van der Waals surface area contributed by atoms with Crippen molar-refractivity contribution >= 4 is 22.6 Å². The summed E-state index contributed by atoms with van der Waals surface area (Å²) in [5.74, 6) is 1.02. The monoisotopic (exact) mass is 296 g/mol. The molecule has 0 aliphatic carbocycles. The van der Waals surface area contributed by atoms with Crippen molar-refractivity contribution in [1.82, 2.24) is 15.5 Å². The second-order valence-corrected chi connectivity index (χ2v) is 4.90. The van der Waals surface area contributed by atoms with E-state index < -0.39 is 0 Å². The molecule has 0 atom stereocenters. The number of ether oxygens (including phenoxy) is 1. The third kappa shape index (κ3) is 2.71. The zero-order valence-electron chi connectivity index (χ0n) is 12.1. The fourth-order valence-electron chi connectivity index (χ4n) is 2.20. The molecule has 0 saturated heterocycles. The van der Waals surface area contributed by atoms with E-state index in [0.717, 1.165) is 22.2 Å². The zero-order chi connectivity index (χ0) is 15.5. The average molecular weight is 296 g/mol. The number of carbonyl (C=O) groups excluding carboxylic acids is 1. The fraction of sp³-hybridized carbons (Fsp3) is 0.125. The van der Waals surface area contributed by atoms with Crippen molar-refractivity contribution in [3.05, 3.63) is 53.6 Å². The molecular weight excluding hydrogens is 280 g/mol. The van der Waals surface area contributed by atoms with Gasteiger partial charge < -0.3 is 15.8 Å². The van der Waals surface area contributed by atoms with Gasteiger partial charge in [0.25, 0.3) is 5.91 Å². The molecule has 1 amide bonds. The number of aromatic amines is 1. The summed E-state index contributed by atoms with van der Waals surface area (Å²) in [6.07, 6.45) is 0. The van der Waals surface area contributed by atoms with Crippen LogP contribution < -0.4 is 15.8 Å². The number of hydrogen-bond donors (Lipinski definition) is 3. The van der Waals surface area contributed by atoms with Crippen LogP contribution in [0.15, 0.2) is 42.5 Å². The highest BCUT2D eigenvalue weighted by Crippen LogP contribution is 2.19. The lowest BCUT2D eigenvalue weighted by atomic mass is 10.1. The summed E-state index contributed by atoms with van der Waals surface area (Å²) in [7, 11) is 1.62. The molecule has 0 spiro atoms. The molecule has 0 saturated carbocycles. The second kappa shape index (κ2) is 5.77. The minimum Gasteiger partial charge on any atom is -0.497 e. The minimum absolute atomic E-state index is 0.154. The third-order valence-corrected chi connectivity index (χ3v) is 3.47. The summed E-state index contributed by atoms with van der Waals surface area (Å²) in [6, 6.07) is 12.8. The summed E-state index contributed by atoms with van der Waals surface area (Å²) < 4.78 is 5.10. The van der Waals surface area contributed by atoms with Gasteiger partial charge in [-0.1, -0.05) is 12.1 Å². The molecule has 0 fully saturated rings. The number of hydrogen-bond acceptors (Lipinski definition) is 4. The first kappa shape index (κ1) is 13.9. The Labute approximate surface area is 127 Å². The van der Waals surface area contributed by atoms with Crippen molar-refractivity contribution in [2.24, 2.45) is 0 Å². The summed E-state index contributed by atoms with van der Waals surface area (Å²) in [5, 5.41) is 10.3. The zero-order valence-corrected chi connectivity index (χ0v) is 12.1. The van der Waals surface area contributed by atoms with E-state index in [9.17, 15) is 4.79 Å². The molecular formula is C16H16N4O2. The number of rotatable bonds is 4. The van der Waals surface area contributed by atoms with Crippen LogP contribution in [0.25, 0.3) is 10.9 Å². The molecule has 4 N–H and O–H groups in total. The smallest absolute Gasteiger partial charge is 0.251 e. The van der Waals surface area contributed by atoms with E-state index in [-0.39, 0.29) is 5.91 Å². The maximum absolute atomic E-state index is 12.2. The first-order valence-corrected chi connectivity index (χ1v) is 6.82. The van der Waals surface area contributed by atoms with Crippen molar-refractivity contribution in [3.63, 3.8) is 0 Å². The lowest BCUT2D eigenvalue weighted by Crippen LogP contribution is -2.22. The summed E-state index contributed by atoms with van der Waals surface area (Å²) in [4.78, 5) is 12.2. The normalized spacial score (nSPS) is 10.6. The lowest BCUT2D eigenvalue weighted by molar-refractivity contribution is 0.0951. The summed E-state index contributed by atoms with van der Waals surface area (Å²) in [6.45, 7) is 0.446. The van der Waals surface area contributed by atoms with E-state index in [4.69, 9.17) is 10.5 Å². The molecule has 3 aromatic rings. The number of methoxy groups -OCH3 is 1. The van der Waals surface area contributed by atoms with Crippen molar-refractivity contribution in [2.75, 3.05) is 12.8 Å². The van der Waals surface area contributed by atoms with Crippen LogP contribution in [0, 0.1) is 0 Å². The van der Waals surface area contributed by atoms with Gasteiger partial charge >= 0.3 is 0 Å². The minimum atomic E-state index is -0.154. The van der Waals surface area contributed by atoms with E-state index in [1.54, 1.807) is 25.3 Å². The number of anilines is 1. The first-order valence-electron chi connectivity index (χ1n) is 6.82. The molecule has 1 aromatic heterocycles. The van der Waals surface area contributed by atoms with E-state index in [1.807, 2.05) is 24.3 Å². The van der Waals surface area contributed by atoms with Crippen molar-refractivity contribution in [3.8, 4) is 5.75 Å². The fourth-order valence-corrected chi connectivity index (χ4v) is 2.20. The number of carbonyl (C=O) groups is 1. The van der Waals surface area contributed by atoms with Crippen LogP contribution in [-0.2, 0) is 6.54 Å². The lowest BCUT2D eigenvalue weighted by Gasteiger charge is -2.06. The number of nitrogens with zero attached hydrogens (tertiary/aromatic N) is 1. The molecule has 0 unspecified atom stereocenters. The Morgan fingerprint density at radius 3 is 2.77 bits per heavy atom. The van der Waals surface area contributed by atoms with Gasteiger partial charge in [-0.05, 0) is 35.9 Å². The average Bonchev–Trinajstić information content (AvgIpc) is 2.94. The Hall–Kier alpha value is -3.02. The second-order valence-electron chi connectivity index (χ2n) is 4.90. The van der Waals surface area contributed by atoms with Crippen LogP contribution in [0.1, 0.15) is 15.9 Å². The quantitative estimate of drug-likeness (QED) is 0.687. The van der Waals surface area contributed by atoms with Crippen LogP contribution in [0.2, 0.25) is 0 Å². The molecule has 0 bridgehead atoms. The Balaban J connectivity index is 1.70. The molecule has 22 heavy (non-hydrogen) atoms. The SMILES string of the molecule is COc1ccc(CNC(=O)c2ccc3[nH]nc(N)c3c2)cc1. The van der Waals surface area contributed by atoms with Crippen molar-refractivity contribution in [2.45, 2.75) is 6.54 Å². The maximum atomic E-state index is 12.2. The van der Waals surface area contributed by atoms with Crippen LogP contribution in [0.3, 0.4) is 0 Å². The number of fused-ring (bicyclic) bond motifs is 1. The first-order chi connectivity index (χ1) is 10.7. The number of nitrogen functional groups attached to an aromatic ring is 1. The third-order valence-electron chi connectivity index (χ3n) is 3.47. The van der Waals surface area contributed by atoms with Crippen LogP contribution in [0.4, 0.5) is 5.82 Å². The van der Waals surface area contributed by atoms with Gasteiger partial charge in [-0.25, -0.2) is 0 Å². The van der Waals surface area contributed by atoms with Gasteiger partial charge in [0.2, 0.25) is 0 Å². The summed E-state index contributed by atoms with van der Waals surface area (Å²) in [5.41, 5.74) is 8.11. The van der Waals surface area contributed by atoms with Crippen LogP contribution in [0.5, 0.6) is 5.75 Å². The molecule has 0 aliphatic heterocycles. The number of aromatic nitrogens is 2. The van der Waals surface area contributed by atoms with Crippen LogP contribution >= 0.6 is 0 Å². The van der Waals surface area contributed by atoms with E-state index in [0.29, 0.717) is 17.9 Å². The largest absolute Gasteiger partial charge is 0.497 e. The standard InChI is InChI=1S/C16H16N4O2/c1-22-12-5-2-10(3-6-12)9-18-16(21)11-4-7-14-13(8-11)15(17)20-19-14/h2-8H,9H2,1H3,(H,18,21)(H3,17,19,20). The van der Waals surface area contributed by atoms with Gasteiger partial charge in [-0.2, -0.15) is 5.10 Å². The number of benzene rings is 2. The number of amides is 1. The van der Waals surface area contributed by atoms with Gasteiger partial charge in [0.15, 0.2) is 5.82 Å². The van der Waals surface area contributed by atoms with E-state index in [2.05, 4.69) is 15.5 Å². The van der Waals surface area contributed by atoms with Gasteiger partial charge in [0, 0.05) is 17.5 Å². The van der Waals surface area contributed by atoms with Gasteiger partial charge in [0.05, 0.1) is 12.6 Å². The summed E-state index contributed by atoms with van der Waals surface area (Å²) >= 11 is 0.